The maximum absolute atomic E-state index is 4.80. The zero-order valence-electron chi connectivity index (χ0n) is 16.6. The molecule has 0 radical (unpaired) electrons. The van der Waals surface area contributed by atoms with Crippen molar-refractivity contribution in [2.75, 3.05) is 16.8 Å². The first-order chi connectivity index (χ1) is 13.1. The van der Waals surface area contributed by atoms with Gasteiger partial charge in [-0.1, -0.05) is 62.4 Å². The van der Waals surface area contributed by atoms with E-state index in [-0.39, 0.29) is 0 Å². The third-order valence-corrected chi connectivity index (χ3v) is 4.57. The maximum atomic E-state index is 4.80. The Balaban J connectivity index is 1.88. The molecule has 0 unspecified atom stereocenters. The van der Waals surface area contributed by atoms with Crippen LogP contribution in [0.5, 0.6) is 0 Å². The van der Waals surface area contributed by atoms with Gasteiger partial charge in [-0.3, -0.25) is 0 Å². The molecule has 0 spiro atoms. The fourth-order valence-electron chi connectivity index (χ4n) is 3.14. The highest BCUT2D eigenvalue weighted by molar-refractivity contribution is 5.62. The highest BCUT2D eigenvalue weighted by Crippen LogP contribution is 2.27. The molecule has 27 heavy (non-hydrogen) atoms. The van der Waals surface area contributed by atoms with Crippen LogP contribution in [0.2, 0.25) is 0 Å². The van der Waals surface area contributed by atoms with Gasteiger partial charge in [-0.05, 0) is 37.0 Å². The predicted octanol–water partition coefficient (Wildman–Crippen LogP) is 5.68. The molecule has 1 aromatic heterocycles. The third-order valence-electron chi connectivity index (χ3n) is 4.57. The van der Waals surface area contributed by atoms with Gasteiger partial charge in [0.1, 0.15) is 5.82 Å². The monoisotopic (exact) mass is 360 g/mol. The first-order valence-corrected chi connectivity index (χ1v) is 9.57. The van der Waals surface area contributed by atoms with Crippen molar-refractivity contribution in [2.45, 2.75) is 40.2 Å². The number of rotatable bonds is 7. The van der Waals surface area contributed by atoms with E-state index in [1.54, 1.807) is 0 Å². The normalized spacial score (nSPS) is 10.9. The van der Waals surface area contributed by atoms with Gasteiger partial charge in [0.05, 0.1) is 0 Å². The number of para-hydroxylation sites is 1. The minimum atomic E-state index is 0.446. The summed E-state index contributed by atoms with van der Waals surface area (Å²) in [6.45, 7) is 10.2. The molecule has 0 saturated heterocycles. The molecule has 0 saturated carbocycles. The van der Waals surface area contributed by atoms with Crippen LogP contribution in [-0.4, -0.2) is 16.5 Å². The first-order valence-electron chi connectivity index (χ1n) is 9.57. The number of benzene rings is 2. The summed E-state index contributed by atoms with van der Waals surface area (Å²) in [4.78, 5) is 11.7. The zero-order chi connectivity index (χ0) is 19.2. The molecular formula is C23H28N4. The van der Waals surface area contributed by atoms with E-state index in [9.17, 15) is 0 Å². The summed E-state index contributed by atoms with van der Waals surface area (Å²) in [6, 6.07) is 20.8. The second-order valence-electron chi connectivity index (χ2n) is 7.06. The van der Waals surface area contributed by atoms with Crippen molar-refractivity contribution < 1.29 is 0 Å². The van der Waals surface area contributed by atoms with Crippen LogP contribution in [0.4, 0.5) is 17.5 Å². The molecule has 1 heterocycles. The largest absolute Gasteiger partial charge is 0.340 e. The van der Waals surface area contributed by atoms with E-state index >= 15 is 0 Å². The van der Waals surface area contributed by atoms with E-state index < -0.39 is 0 Å². The minimum Gasteiger partial charge on any atom is -0.340 e. The van der Waals surface area contributed by atoms with Crippen molar-refractivity contribution in [1.82, 2.24) is 9.97 Å². The lowest BCUT2D eigenvalue weighted by Gasteiger charge is -2.22. The molecule has 3 aromatic rings. The molecule has 2 aromatic carbocycles. The molecule has 1 N–H and O–H groups in total. The Morgan fingerprint density at radius 1 is 0.963 bits per heavy atom. The van der Waals surface area contributed by atoms with Gasteiger partial charge >= 0.3 is 0 Å². The molecule has 4 heteroatoms. The summed E-state index contributed by atoms with van der Waals surface area (Å²) in [5, 5.41) is 3.50. The molecule has 0 fully saturated rings. The Labute approximate surface area is 162 Å². The number of nitrogens with one attached hydrogen (secondary N) is 1. The predicted molar refractivity (Wildman–Crippen MR) is 114 cm³/mol. The molecule has 140 valence electrons. The highest BCUT2D eigenvalue weighted by atomic mass is 15.3. The van der Waals surface area contributed by atoms with Crippen molar-refractivity contribution >= 4 is 17.5 Å². The van der Waals surface area contributed by atoms with Crippen LogP contribution in [0.3, 0.4) is 0 Å². The van der Waals surface area contributed by atoms with Crippen molar-refractivity contribution in [3.8, 4) is 0 Å². The zero-order valence-corrected chi connectivity index (χ0v) is 16.6. The number of aryl methyl sites for hydroxylation is 1. The van der Waals surface area contributed by atoms with Gasteiger partial charge in [-0.25, -0.2) is 4.98 Å². The van der Waals surface area contributed by atoms with Crippen LogP contribution < -0.4 is 10.2 Å². The topological polar surface area (TPSA) is 41.1 Å². The number of aromatic nitrogens is 2. The van der Waals surface area contributed by atoms with Gasteiger partial charge in [0, 0.05) is 30.5 Å². The summed E-state index contributed by atoms with van der Waals surface area (Å²) >= 11 is 0. The lowest BCUT2D eigenvalue weighted by Crippen LogP contribution is -2.24. The Hall–Kier alpha value is -2.88. The summed E-state index contributed by atoms with van der Waals surface area (Å²) < 4.78 is 0. The van der Waals surface area contributed by atoms with E-state index in [4.69, 9.17) is 4.98 Å². The maximum Gasteiger partial charge on any atom is 0.227 e. The Kier molecular flexibility index (Phi) is 6.07. The van der Waals surface area contributed by atoms with Crippen LogP contribution in [0, 0.1) is 6.92 Å². The molecule has 0 amide bonds. The molecular weight excluding hydrogens is 332 g/mol. The average molecular weight is 361 g/mol. The summed E-state index contributed by atoms with van der Waals surface area (Å²) in [5.41, 5.74) is 4.59. The molecule has 0 aliphatic rings. The molecule has 0 bridgehead atoms. The summed E-state index contributed by atoms with van der Waals surface area (Å²) in [6.07, 6.45) is 0. The van der Waals surface area contributed by atoms with Crippen molar-refractivity contribution in [3.63, 3.8) is 0 Å². The summed E-state index contributed by atoms with van der Waals surface area (Å²) in [5.74, 6) is 2.03. The molecule has 0 aliphatic heterocycles. The number of anilines is 3. The lowest BCUT2D eigenvalue weighted by molar-refractivity contribution is 0.788. The fourth-order valence-corrected chi connectivity index (χ4v) is 3.14. The van der Waals surface area contributed by atoms with E-state index in [0.29, 0.717) is 5.92 Å². The van der Waals surface area contributed by atoms with Crippen molar-refractivity contribution in [2.24, 2.45) is 0 Å². The van der Waals surface area contributed by atoms with Gasteiger partial charge in [-0.15, -0.1) is 0 Å². The second-order valence-corrected chi connectivity index (χ2v) is 7.06. The third kappa shape index (κ3) is 4.85. The number of hydrogen-bond donors (Lipinski definition) is 1. The van der Waals surface area contributed by atoms with Crippen molar-refractivity contribution in [1.29, 1.82) is 0 Å². The summed E-state index contributed by atoms with van der Waals surface area (Å²) in [7, 11) is 0. The average Bonchev–Trinajstić information content (AvgIpc) is 2.66. The molecule has 0 aliphatic carbocycles. The van der Waals surface area contributed by atoms with Gasteiger partial charge in [0.2, 0.25) is 5.95 Å². The Morgan fingerprint density at radius 2 is 1.67 bits per heavy atom. The van der Waals surface area contributed by atoms with E-state index in [1.165, 1.54) is 11.1 Å². The van der Waals surface area contributed by atoms with Crippen LogP contribution in [0.15, 0.2) is 60.7 Å². The van der Waals surface area contributed by atoms with E-state index in [1.807, 2.05) is 19.1 Å². The number of hydrogen-bond acceptors (Lipinski definition) is 4. The fraction of sp³-hybridized carbons (Fsp3) is 0.304. The quantitative estimate of drug-likeness (QED) is 0.588. The standard InChI is InChI=1S/C23H28N4/c1-5-27(16-19-11-7-6-8-12-19)23-24-18(4)15-22(26-23)25-21-14-10-9-13-20(21)17(2)3/h6-15,17H,5,16H2,1-4H3,(H,24,25,26). The van der Waals surface area contributed by atoms with Crippen LogP contribution in [-0.2, 0) is 6.54 Å². The van der Waals surface area contributed by atoms with Crippen LogP contribution in [0.25, 0.3) is 0 Å². The molecule has 0 atom stereocenters. The van der Waals surface area contributed by atoms with Crippen molar-refractivity contribution in [3.05, 3.63) is 77.5 Å². The lowest BCUT2D eigenvalue weighted by atomic mass is 10.0. The second kappa shape index (κ2) is 8.67. The van der Waals surface area contributed by atoms with E-state index in [0.717, 1.165) is 36.2 Å². The Bertz CT molecular complexity index is 875. The van der Waals surface area contributed by atoms with Crippen LogP contribution in [0.1, 0.15) is 43.5 Å². The van der Waals surface area contributed by atoms with Gasteiger partial charge in [-0.2, -0.15) is 4.98 Å². The molecule has 3 rings (SSSR count). The minimum absolute atomic E-state index is 0.446. The highest BCUT2D eigenvalue weighted by Gasteiger charge is 2.12. The van der Waals surface area contributed by atoms with Crippen LogP contribution >= 0.6 is 0 Å². The SMILES string of the molecule is CCN(Cc1ccccc1)c1nc(C)cc(Nc2ccccc2C(C)C)n1. The van der Waals surface area contributed by atoms with Gasteiger partial charge < -0.3 is 10.2 Å². The van der Waals surface area contributed by atoms with E-state index in [2.05, 4.69) is 84.5 Å². The first kappa shape index (κ1) is 18.9. The Morgan fingerprint density at radius 3 is 2.37 bits per heavy atom. The smallest absolute Gasteiger partial charge is 0.227 e. The van der Waals surface area contributed by atoms with Gasteiger partial charge in [0.25, 0.3) is 0 Å². The molecule has 4 nitrogen and oxygen atoms in total. The van der Waals surface area contributed by atoms with Gasteiger partial charge in [0.15, 0.2) is 0 Å². The number of nitrogens with zero attached hydrogens (tertiary/aromatic N) is 3.